The van der Waals surface area contributed by atoms with Crippen molar-refractivity contribution >= 4 is 5.82 Å². The van der Waals surface area contributed by atoms with Crippen molar-refractivity contribution in [2.24, 2.45) is 0 Å². The minimum absolute atomic E-state index is 0.238. The highest BCUT2D eigenvalue weighted by Crippen LogP contribution is 2.20. The lowest BCUT2D eigenvalue weighted by Crippen LogP contribution is -2.05. The van der Waals surface area contributed by atoms with Crippen LogP contribution in [-0.4, -0.2) is 16.5 Å². The molecule has 0 bridgehead atoms. The standard InChI is InChI=1S/C15H18FN3/c1-3-9-17-15-10-13(18-14(4-2)19-15)11-5-7-12(16)8-6-11/h5-8,10H,3-4,9H2,1-2H3,(H,17,18,19). The van der Waals surface area contributed by atoms with Crippen LogP contribution in [0.15, 0.2) is 30.3 Å². The Morgan fingerprint density at radius 2 is 1.84 bits per heavy atom. The summed E-state index contributed by atoms with van der Waals surface area (Å²) in [4.78, 5) is 8.92. The summed E-state index contributed by atoms with van der Waals surface area (Å²) in [6, 6.07) is 8.27. The van der Waals surface area contributed by atoms with E-state index in [1.807, 2.05) is 13.0 Å². The van der Waals surface area contributed by atoms with E-state index in [0.29, 0.717) is 0 Å². The van der Waals surface area contributed by atoms with Crippen molar-refractivity contribution in [2.75, 3.05) is 11.9 Å². The summed E-state index contributed by atoms with van der Waals surface area (Å²) >= 11 is 0. The van der Waals surface area contributed by atoms with Gasteiger partial charge in [-0.15, -0.1) is 0 Å². The van der Waals surface area contributed by atoms with Crippen molar-refractivity contribution in [3.8, 4) is 11.3 Å². The molecule has 2 rings (SSSR count). The Balaban J connectivity index is 2.35. The van der Waals surface area contributed by atoms with Gasteiger partial charge >= 0.3 is 0 Å². The molecule has 0 radical (unpaired) electrons. The first-order chi connectivity index (χ1) is 9.22. The van der Waals surface area contributed by atoms with Crippen LogP contribution in [0.5, 0.6) is 0 Å². The van der Waals surface area contributed by atoms with Gasteiger partial charge in [0.25, 0.3) is 0 Å². The van der Waals surface area contributed by atoms with Crippen LogP contribution in [-0.2, 0) is 6.42 Å². The molecule has 19 heavy (non-hydrogen) atoms. The zero-order chi connectivity index (χ0) is 13.7. The summed E-state index contributed by atoms with van der Waals surface area (Å²) < 4.78 is 12.9. The third kappa shape index (κ3) is 3.50. The fourth-order valence-corrected chi connectivity index (χ4v) is 1.77. The zero-order valence-corrected chi connectivity index (χ0v) is 11.3. The lowest BCUT2D eigenvalue weighted by atomic mass is 10.1. The number of halogens is 1. The molecule has 3 nitrogen and oxygen atoms in total. The molecule has 1 aromatic carbocycles. The summed E-state index contributed by atoms with van der Waals surface area (Å²) in [6.07, 6.45) is 1.81. The van der Waals surface area contributed by atoms with E-state index < -0.39 is 0 Å². The summed E-state index contributed by atoms with van der Waals surface area (Å²) in [5.41, 5.74) is 1.73. The number of hydrogen-bond donors (Lipinski definition) is 1. The zero-order valence-electron chi connectivity index (χ0n) is 11.3. The van der Waals surface area contributed by atoms with Gasteiger partial charge in [0.15, 0.2) is 0 Å². The first-order valence-electron chi connectivity index (χ1n) is 6.60. The second kappa shape index (κ2) is 6.27. The number of nitrogens with one attached hydrogen (secondary N) is 1. The van der Waals surface area contributed by atoms with Gasteiger partial charge in [-0.1, -0.05) is 13.8 Å². The predicted molar refractivity (Wildman–Crippen MR) is 75.6 cm³/mol. The molecular weight excluding hydrogens is 241 g/mol. The molecule has 0 spiro atoms. The van der Waals surface area contributed by atoms with Crippen LogP contribution in [0.25, 0.3) is 11.3 Å². The molecule has 1 aromatic heterocycles. The van der Waals surface area contributed by atoms with Crippen LogP contribution in [0.2, 0.25) is 0 Å². The van der Waals surface area contributed by atoms with Crippen LogP contribution in [0.3, 0.4) is 0 Å². The maximum Gasteiger partial charge on any atom is 0.131 e. The molecule has 0 fully saturated rings. The average Bonchev–Trinajstić information content (AvgIpc) is 2.45. The molecule has 0 unspecified atom stereocenters. The Morgan fingerprint density at radius 1 is 1.11 bits per heavy atom. The normalized spacial score (nSPS) is 10.5. The number of aromatic nitrogens is 2. The van der Waals surface area contributed by atoms with E-state index in [9.17, 15) is 4.39 Å². The highest BCUT2D eigenvalue weighted by atomic mass is 19.1. The topological polar surface area (TPSA) is 37.8 Å². The van der Waals surface area contributed by atoms with Crippen molar-refractivity contribution in [1.82, 2.24) is 9.97 Å². The van der Waals surface area contributed by atoms with E-state index in [2.05, 4.69) is 22.2 Å². The molecular formula is C15H18FN3. The lowest BCUT2D eigenvalue weighted by Gasteiger charge is -2.09. The van der Waals surface area contributed by atoms with Gasteiger partial charge < -0.3 is 5.32 Å². The Hall–Kier alpha value is -1.97. The Labute approximate surface area is 112 Å². The minimum Gasteiger partial charge on any atom is -0.370 e. The lowest BCUT2D eigenvalue weighted by molar-refractivity contribution is 0.628. The Kier molecular flexibility index (Phi) is 4.44. The third-order valence-electron chi connectivity index (χ3n) is 2.78. The number of nitrogens with zero attached hydrogens (tertiary/aromatic N) is 2. The van der Waals surface area contributed by atoms with Crippen molar-refractivity contribution in [1.29, 1.82) is 0 Å². The first-order valence-corrected chi connectivity index (χ1v) is 6.60. The molecule has 0 atom stereocenters. The van der Waals surface area contributed by atoms with Gasteiger partial charge in [-0.25, -0.2) is 14.4 Å². The van der Waals surface area contributed by atoms with E-state index in [-0.39, 0.29) is 5.82 Å². The van der Waals surface area contributed by atoms with Crippen LogP contribution in [0.1, 0.15) is 26.1 Å². The number of hydrogen-bond acceptors (Lipinski definition) is 3. The molecule has 2 aromatic rings. The molecule has 0 aliphatic carbocycles. The second-order valence-electron chi connectivity index (χ2n) is 4.34. The van der Waals surface area contributed by atoms with E-state index in [1.165, 1.54) is 12.1 Å². The first kappa shape index (κ1) is 13.5. The number of benzene rings is 1. The summed E-state index contributed by atoms with van der Waals surface area (Å²) in [7, 11) is 0. The maximum atomic E-state index is 12.9. The summed E-state index contributed by atoms with van der Waals surface area (Å²) in [6.45, 7) is 5.01. The quantitative estimate of drug-likeness (QED) is 0.890. The number of anilines is 1. The fourth-order valence-electron chi connectivity index (χ4n) is 1.77. The van der Waals surface area contributed by atoms with E-state index in [1.54, 1.807) is 12.1 Å². The van der Waals surface area contributed by atoms with Gasteiger partial charge in [-0.2, -0.15) is 0 Å². The van der Waals surface area contributed by atoms with Crippen molar-refractivity contribution in [3.63, 3.8) is 0 Å². The van der Waals surface area contributed by atoms with Crippen molar-refractivity contribution < 1.29 is 4.39 Å². The van der Waals surface area contributed by atoms with Crippen LogP contribution in [0.4, 0.5) is 10.2 Å². The number of aryl methyl sites for hydroxylation is 1. The van der Waals surface area contributed by atoms with Gasteiger partial charge in [0.05, 0.1) is 5.69 Å². The van der Waals surface area contributed by atoms with Crippen LogP contribution in [0, 0.1) is 5.82 Å². The van der Waals surface area contributed by atoms with Crippen LogP contribution >= 0.6 is 0 Å². The number of rotatable bonds is 5. The van der Waals surface area contributed by atoms with Crippen LogP contribution < -0.4 is 5.32 Å². The molecule has 1 N–H and O–H groups in total. The molecule has 0 amide bonds. The monoisotopic (exact) mass is 259 g/mol. The molecule has 0 aliphatic rings. The molecule has 1 heterocycles. The van der Waals surface area contributed by atoms with Gasteiger partial charge in [0, 0.05) is 24.6 Å². The van der Waals surface area contributed by atoms with Gasteiger partial charge in [-0.3, -0.25) is 0 Å². The van der Waals surface area contributed by atoms with E-state index in [0.717, 1.165) is 42.3 Å². The molecule has 0 saturated carbocycles. The average molecular weight is 259 g/mol. The minimum atomic E-state index is -0.238. The molecule has 4 heteroatoms. The van der Waals surface area contributed by atoms with Gasteiger partial charge in [-0.05, 0) is 30.7 Å². The molecule has 100 valence electrons. The highest BCUT2D eigenvalue weighted by Gasteiger charge is 2.05. The third-order valence-corrected chi connectivity index (χ3v) is 2.78. The highest BCUT2D eigenvalue weighted by molar-refractivity contribution is 5.62. The summed E-state index contributed by atoms with van der Waals surface area (Å²) in [5.74, 6) is 1.38. The largest absolute Gasteiger partial charge is 0.370 e. The van der Waals surface area contributed by atoms with Gasteiger partial charge in [0.1, 0.15) is 17.5 Å². The SMILES string of the molecule is CCCNc1cc(-c2ccc(F)cc2)nc(CC)n1. The van der Waals surface area contributed by atoms with E-state index >= 15 is 0 Å². The van der Waals surface area contributed by atoms with Crippen molar-refractivity contribution in [3.05, 3.63) is 42.0 Å². The van der Waals surface area contributed by atoms with Gasteiger partial charge in [0.2, 0.25) is 0 Å². The molecule has 0 aliphatic heterocycles. The smallest absolute Gasteiger partial charge is 0.131 e. The fraction of sp³-hybridized carbons (Fsp3) is 0.333. The maximum absolute atomic E-state index is 12.9. The predicted octanol–water partition coefficient (Wildman–Crippen LogP) is 3.67. The molecule has 0 saturated heterocycles. The summed E-state index contributed by atoms with van der Waals surface area (Å²) in [5, 5.41) is 3.27. The Morgan fingerprint density at radius 3 is 2.47 bits per heavy atom. The van der Waals surface area contributed by atoms with Crippen molar-refractivity contribution in [2.45, 2.75) is 26.7 Å². The Bertz CT molecular complexity index is 538. The second-order valence-corrected chi connectivity index (χ2v) is 4.34. The van der Waals surface area contributed by atoms with E-state index in [4.69, 9.17) is 0 Å².